The molecule has 1 N–H and O–H groups in total. The number of rotatable bonds is 8. The van der Waals surface area contributed by atoms with E-state index in [1.165, 1.54) is 21.8 Å². The molecule has 7 nitrogen and oxygen atoms in total. The fourth-order valence-electron chi connectivity index (χ4n) is 2.15. The largest absolute Gasteiger partial charge is 0.481 e. The van der Waals surface area contributed by atoms with Crippen LogP contribution in [0, 0.1) is 5.92 Å². The summed E-state index contributed by atoms with van der Waals surface area (Å²) in [6, 6.07) is 0. The van der Waals surface area contributed by atoms with Gasteiger partial charge in [-0.1, -0.05) is 6.08 Å². The van der Waals surface area contributed by atoms with E-state index in [1.807, 2.05) is 0 Å². The summed E-state index contributed by atoms with van der Waals surface area (Å²) < 4.78 is 32.4. The lowest BCUT2D eigenvalue weighted by molar-refractivity contribution is -0.142. The molecule has 1 saturated heterocycles. The maximum atomic E-state index is 12.5. The Bertz CT molecular complexity index is 437. The van der Waals surface area contributed by atoms with Crippen molar-refractivity contribution >= 4 is 16.2 Å². The minimum absolute atomic E-state index is 0.0261. The van der Waals surface area contributed by atoms with Gasteiger partial charge >= 0.3 is 5.97 Å². The Labute approximate surface area is 120 Å². The monoisotopic (exact) mass is 306 g/mol. The molecule has 0 spiro atoms. The highest BCUT2D eigenvalue weighted by Gasteiger charge is 2.35. The lowest BCUT2D eigenvalue weighted by Gasteiger charge is -2.33. The standard InChI is InChI=1S/C12H22N2O5S/c1-3-6-13(8-9-19-2)20(17,18)14-7-4-5-11(10-14)12(15)16/h3,11H,1,4-10H2,2H3,(H,15,16). The van der Waals surface area contributed by atoms with Crippen molar-refractivity contribution in [3.63, 3.8) is 0 Å². The van der Waals surface area contributed by atoms with Gasteiger partial charge in [-0.3, -0.25) is 4.79 Å². The fraction of sp³-hybridized carbons (Fsp3) is 0.750. The Morgan fingerprint density at radius 2 is 2.30 bits per heavy atom. The zero-order valence-corrected chi connectivity index (χ0v) is 12.5. The number of carboxylic acid groups (broad SMARTS) is 1. The van der Waals surface area contributed by atoms with Crippen molar-refractivity contribution in [3.8, 4) is 0 Å². The van der Waals surface area contributed by atoms with Gasteiger partial charge in [0.1, 0.15) is 0 Å². The average molecular weight is 306 g/mol. The van der Waals surface area contributed by atoms with Crippen LogP contribution in [-0.2, 0) is 19.7 Å². The van der Waals surface area contributed by atoms with Gasteiger partial charge in [-0.05, 0) is 12.8 Å². The van der Waals surface area contributed by atoms with E-state index in [0.717, 1.165) is 0 Å². The Balaban J connectivity index is 2.82. The second-order valence-electron chi connectivity index (χ2n) is 4.68. The van der Waals surface area contributed by atoms with Crippen LogP contribution in [-0.4, -0.2) is 68.0 Å². The second-order valence-corrected chi connectivity index (χ2v) is 6.61. The minimum Gasteiger partial charge on any atom is -0.481 e. The summed E-state index contributed by atoms with van der Waals surface area (Å²) >= 11 is 0. The third-order valence-electron chi connectivity index (χ3n) is 3.26. The Hall–Kier alpha value is -0.960. The normalized spacial score (nSPS) is 21.0. The van der Waals surface area contributed by atoms with Crippen molar-refractivity contribution in [2.75, 3.05) is 39.9 Å². The molecule has 1 aliphatic rings. The van der Waals surface area contributed by atoms with Gasteiger partial charge in [0.2, 0.25) is 0 Å². The number of carbonyl (C=O) groups is 1. The summed E-state index contributed by atoms with van der Waals surface area (Å²) in [5.41, 5.74) is 0. The molecule has 20 heavy (non-hydrogen) atoms. The molecule has 0 aromatic heterocycles. The molecule has 1 atom stereocenters. The first-order valence-electron chi connectivity index (χ1n) is 6.51. The highest BCUT2D eigenvalue weighted by Crippen LogP contribution is 2.21. The van der Waals surface area contributed by atoms with Gasteiger partial charge in [0, 0.05) is 33.3 Å². The number of hydrogen-bond donors (Lipinski definition) is 1. The molecule has 0 bridgehead atoms. The lowest BCUT2D eigenvalue weighted by Crippen LogP contribution is -2.49. The molecule has 0 saturated carbocycles. The topological polar surface area (TPSA) is 87.2 Å². The van der Waals surface area contributed by atoms with Crippen molar-refractivity contribution in [2.45, 2.75) is 12.8 Å². The van der Waals surface area contributed by atoms with Crippen molar-refractivity contribution in [1.82, 2.24) is 8.61 Å². The zero-order chi connectivity index (χ0) is 15.2. The zero-order valence-electron chi connectivity index (χ0n) is 11.7. The molecule has 0 aliphatic carbocycles. The molecule has 1 aliphatic heterocycles. The van der Waals surface area contributed by atoms with Gasteiger partial charge in [-0.25, -0.2) is 0 Å². The average Bonchev–Trinajstić information content (AvgIpc) is 2.43. The van der Waals surface area contributed by atoms with E-state index in [4.69, 9.17) is 9.84 Å². The quantitative estimate of drug-likeness (QED) is 0.646. The SMILES string of the molecule is C=CCN(CCOC)S(=O)(=O)N1CCCC(C(=O)O)C1. The van der Waals surface area contributed by atoms with Gasteiger partial charge in [0.25, 0.3) is 10.2 Å². The van der Waals surface area contributed by atoms with Gasteiger partial charge in [0.05, 0.1) is 12.5 Å². The van der Waals surface area contributed by atoms with E-state index in [0.29, 0.717) is 19.4 Å². The highest BCUT2D eigenvalue weighted by atomic mass is 32.2. The molecule has 1 unspecified atom stereocenters. The Morgan fingerprint density at radius 3 is 2.85 bits per heavy atom. The van der Waals surface area contributed by atoms with E-state index in [2.05, 4.69) is 6.58 Å². The van der Waals surface area contributed by atoms with Crippen LogP contribution in [0.3, 0.4) is 0 Å². The fourth-order valence-corrected chi connectivity index (χ4v) is 3.81. The second kappa shape index (κ2) is 7.72. The van der Waals surface area contributed by atoms with E-state index in [9.17, 15) is 13.2 Å². The Morgan fingerprint density at radius 1 is 1.60 bits per heavy atom. The van der Waals surface area contributed by atoms with Crippen molar-refractivity contribution < 1.29 is 23.1 Å². The van der Waals surface area contributed by atoms with Crippen LogP contribution in [0.15, 0.2) is 12.7 Å². The molecular formula is C12H22N2O5S. The van der Waals surface area contributed by atoms with Crippen LogP contribution in [0.25, 0.3) is 0 Å². The summed E-state index contributed by atoms with van der Waals surface area (Å²) in [6.07, 6.45) is 2.58. The number of ether oxygens (including phenoxy) is 1. The van der Waals surface area contributed by atoms with Crippen LogP contribution >= 0.6 is 0 Å². The molecule has 0 amide bonds. The number of carboxylic acids is 1. The van der Waals surface area contributed by atoms with Gasteiger partial charge in [-0.15, -0.1) is 6.58 Å². The molecule has 8 heteroatoms. The lowest BCUT2D eigenvalue weighted by atomic mass is 10.0. The van der Waals surface area contributed by atoms with Crippen LogP contribution in [0.2, 0.25) is 0 Å². The molecule has 1 heterocycles. The van der Waals surface area contributed by atoms with Crippen LogP contribution < -0.4 is 0 Å². The maximum Gasteiger partial charge on any atom is 0.307 e. The first kappa shape index (κ1) is 17.1. The van der Waals surface area contributed by atoms with E-state index < -0.39 is 22.1 Å². The first-order valence-corrected chi connectivity index (χ1v) is 7.91. The molecular weight excluding hydrogens is 284 g/mol. The number of piperidine rings is 1. The maximum absolute atomic E-state index is 12.5. The van der Waals surface area contributed by atoms with Crippen LogP contribution in [0.4, 0.5) is 0 Å². The number of methoxy groups -OCH3 is 1. The highest BCUT2D eigenvalue weighted by molar-refractivity contribution is 7.86. The number of hydrogen-bond acceptors (Lipinski definition) is 4. The van der Waals surface area contributed by atoms with Crippen molar-refractivity contribution in [3.05, 3.63) is 12.7 Å². The van der Waals surface area contributed by atoms with E-state index in [1.54, 1.807) is 0 Å². The van der Waals surface area contributed by atoms with Crippen molar-refractivity contribution in [2.24, 2.45) is 5.92 Å². The number of aliphatic carboxylic acids is 1. The summed E-state index contributed by atoms with van der Waals surface area (Å²) in [4.78, 5) is 11.0. The number of nitrogens with zero attached hydrogens (tertiary/aromatic N) is 2. The Kier molecular flexibility index (Phi) is 6.60. The molecule has 0 aromatic rings. The predicted octanol–water partition coefficient (Wildman–Crippen LogP) is 0.162. The molecule has 116 valence electrons. The van der Waals surface area contributed by atoms with Crippen LogP contribution in [0.5, 0.6) is 0 Å². The van der Waals surface area contributed by atoms with E-state index in [-0.39, 0.29) is 26.2 Å². The third kappa shape index (κ3) is 4.27. The molecule has 1 rings (SSSR count). The molecule has 0 radical (unpaired) electrons. The predicted molar refractivity (Wildman–Crippen MR) is 74.5 cm³/mol. The van der Waals surface area contributed by atoms with Crippen molar-refractivity contribution in [1.29, 1.82) is 0 Å². The first-order chi connectivity index (χ1) is 9.43. The van der Waals surface area contributed by atoms with Gasteiger partial charge in [0.15, 0.2) is 0 Å². The van der Waals surface area contributed by atoms with E-state index >= 15 is 0 Å². The van der Waals surface area contributed by atoms with Crippen LogP contribution in [0.1, 0.15) is 12.8 Å². The smallest absolute Gasteiger partial charge is 0.307 e. The minimum atomic E-state index is -3.67. The van der Waals surface area contributed by atoms with Gasteiger partial charge < -0.3 is 9.84 Å². The molecule has 0 aromatic carbocycles. The third-order valence-corrected chi connectivity index (χ3v) is 5.23. The summed E-state index contributed by atoms with van der Waals surface area (Å²) in [6.45, 7) is 4.61. The summed E-state index contributed by atoms with van der Waals surface area (Å²) in [5.74, 6) is -1.58. The van der Waals surface area contributed by atoms with Gasteiger partial charge in [-0.2, -0.15) is 17.0 Å². The molecule has 1 fully saturated rings. The summed E-state index contributed by atoms with van der Waals surface area (Å²) in [7, 11) is -2.17. The summed E-state index contributed by atoms with van der Waals surface area (Å²) in [5, 5.41) is 9.03.